The van der Waals surface area contributed by atoms with E-state index < -0.39 is 12.1 Å². The molecule has 0 aliphatic carbocycles. The van der Waals surface area contributed by atoms with Crippen molar-refractivity contribution in [1.82, 2.24) is 5.32 Å². The Kier molecular flexibility index (Phi) is 7.18. The molecule has 21 heavy (non-hydrogen) atoms. The first-order chi connectivity index (χ1) is 9.20. The predicted octanol–water partition coefficient (Wildman–Crippen LogP) is 1.59. The number of nitrogens with one attached hydrogen (secondary N) is 2. The third-order valence-electron chi connectivity index (χ3n) is 2.90. The molecule has 0 unspecified atom stereocenters. The number of urea groups is 1. The van der Waals surface area contributed by atoms with Gasteiger partial charge in [-0.05, 0) is 23.1 Å². The zero-order valence-electron chi connectivity index (χ0n) is 12.5. The number of amides is 3. The number of rotatable bonds is 4. The van der Waals surface area contributed by atoms with Crippen LogP contribution in [0.5, 0.6) is 0 Å². The number of hydrogen-bond donors (Lipinski definition) is 4. The Morgan fingerprint density at radius 2 is 1.71 bits per heavy atom. The van der Waals surface area contributed by atoms with Gasteiger partial charge in [0, 0.05) is 12.2 Å². The number of hydrogen-bond acceptors (Lipinski definition) is 3. The van der Waals surface area contributed by atoms with Crippen LogP contribution in [0.15, 0.2) is 24.3 Å². The average molecular weight is 315 g/mol. The summed E-state index contributed by atoms with van der Waals surface area (Å²) < 4.78 is 0. The van der Waals surface area contributed by atoms with Gasteiger partial charge in [-0.2, -0.15) is 0 Å². The maximum Gasteiger partial charge on any atom is 0.316 e. The summed E-state index contributed by atoms with van der Waals surface area (Å²) in [6.45, 7) is 6.14. The molecule has 118 valence electrons. The van der Waals surface area contributed by atoms with Crippen LogP contribution in [-0.4, -0.2) is 18.0 Å². The zero-order valence-corrected chi connectivity index (χ0v) is 13.3. The quantitative estimate of drug-likeness (QED) is 0.677. The first-order valence-corrected chi connectivity index (χ1v) is 6.39. The van der Waals surface area contributed by atoms with Crippen molar-refractivity contribution < 1.29 is 9.59 Å². The van der Waals surface area contributed by atoms with Crippen molar-refractivity contribution in [3.63, 3.8) is 0 Å². The molecule has 6 N–H and O–H groups in total. The fourth-order valence-electron chi connectivity index (χ4n) is 1.54. The van der Waals surface area contributed by atoms with Crippen molar-refractivity contribution in [2.24, 2.45) is 16.9 Å². The smallest absolute Gasteiger partial charge is 0.316 e. The summed E-state index contributed by atoms with van der Waals surface area (Å²) in [5, 5.41) is 5.26. The van der Waals surface area contributed by atoms with E-state index in [0.29, 0.717) is 12.2 Å². The molecule has 1 aromatic rings. The third-order valence-corrected chi connectivity index (χ3v) is 2.90. The van der Waals surface area contributed by atoms with Crippen molar-refractivity contribution in [3.8, 4) is 0 Å². The summed E-state index contributed by atoms with van der Waals surface area (Å²) in [5.41, 5.74) is 12.1. The molecule has 0 fully saturated rings. The Balaban J connectivity index is 0.00000400. The molecule has 0 aliphatic heterocycles. The molecular formula is C14H23ClN4O2. The van der Waals surface area contributed by atoms with E-state index in [2.05, 4.69) is 10.6 Å². The second-order valence-corrected chi connectivity index (χ2v) is 5.75. The lowest BCUT2D eigenvalue weighted by atomic mass is 9.87. The summed E-state index contributed by atoms with van der Waals surface area (Å²) >= 11 is 0. The van der Waals surface area contributed by atoms with Gasteiger partial charge in [-0.3, -0.25) is 4.79 Å². The van der Waals surface area contributed by atoms with Crippen molar-refractivity contribution in [3.05, 3.63) is 29.8 Å². The summed E-state index contributed by atoms with van der Waals surface area (Å²) in [5.74, 6) is -0.183. The van der Waals surface area contributed by atoms with E-state index in [0.717, 1.165) is 5.56 Å². The highest BCUT2D eigenvalue weighted by Gasteiger charge is 2.26. The molecule has 0 aliphatic rings. The molecule has 0 spiro atoms. The van der Waals surface area contributed by atoms with Gasteiger partial charge in [0.15, 0.2) is 0 Å². The minimum atomic E-state index is -0.609. The van der Waals surface area contributed by atoms with Crippen LogP contribution in [0.1, 0.15) is 26.3 Å². The average Bonchev–Trinajstić information content (AvgIpc) is 2.35. The van der Waals surface area contributed by atoms with Gasteiger partial charge in [0.1, 0.15) is 0 Å². The lowest BCUT2D eigenvalue weighted by Crippen LogP contribution is -2.48. The Hall–Kier alpha value is -1.79. The van der Waals surface area contributed by atoms with E-state index in [1.165, 1.54) is 0 Å². The second-order valence-electron chi connectivity index (χ2n) is 5.75. The highest BCUT2D eigenvalue weighted by molar-refractivity contribution is 5.87. The Labute approximate surface area is 131 Å². The highest BCUT2D eigenvalue weighted by Crippen LogP contribution is 2.17. The number of benzene rings is 1. The molecule has 0 heterocycles. The van der Waals surface area contributed by atoms with Crippen molar-refractivity contribution >= 4 is 30.0 Å². The van der Waals surface area contributed by atoms with E-state index in [9.17, 15) is 9.59 Å². The summed E-state index contributed by atoms with van der Waals surface area (Å²) in [7, 11) is 0. The van der Waals surface area contributed by atoms with Crippen LogP contribution < -0.4 is 22.1 Å². The van der Waals surface area contributed by atoms with Crippen molar-refractivity contribution in [2.45, 2.75) is 33.4 Å². The van der Waals surface area contributed by atoms with Crippen LogP contribution in [-0.2, 0) is 11.3 Å². The van der Waals surface area contributed by atoms with Crippen LogP contribution >= 0.6 is 12.4 Å². The minimum Gasteiger partial charge on any atom is -0.351 e. The lowest BCUT2D eigenvalue weighted by Gasteiger charge is -2.25. The van der Waals surface area contributed by atoms with E-state index >= 15 is 0 Å². The Morgan fingerprint density at radius 1 is 1.19 bits per heavy atom. The topological polar surface area (TPSA) is 110 Å². The lowest BCUT2D eigenvalue weighted by molar-refractivity contribution is -0.124. The summed E-state index contributed by atoms with van der Waals surface area (Å²) in [4.78, 5) is 22.5. The Morgan fingerprint density at radius 3 is 2.14 bits per heavy atom. The fraction of sp³-hybridized carbons (Fsp3) is 0.429. The molecule has 1 rings (SSSR count). The molecular weight excluding hydrogens is 292 g/mol. The molecule has 6 nitrogen and oxygen atoms in total. The molecule has 0 saturated carbocycles. The number of anilines is 1. The van der Waals surface area contributed by atoms with E-state index in [1.807, 2.05) is 20.8 Å². The van der Waals surface area contributed by atoms with Gasteiger partial charge >= 0.3 is 6.03 Å². The number of halogens is 1. The third kappa shape index (κ3) is 6.46. The summed E-state index contributed by atoms with van der Waals surface area (Å²) in [6, 6.07) is 5.87. The van der Waals surface area contributed by atoms with Gasteiger partial charge in [0.2, 0.25) is 5.91 Å². The maximum absolute atomic E-state index is 11.9. The van der Waals surface area contributed by atoms with Crippen molar-refractivity contribution in [2.75, 3.05) is 5.32 Å². The monoisotopic (exact) mass is 314 g/mol. The van der Waals surface area contributed by atoms with Gasteiger partial charge in [0.25, 0.3) is 0 Å². The van der Waals surface area contributed by atoms with E-state index in [-0.39, 0.29) is 23.7 Å². The van der Waals surface area contributed by atoms with Gasteiger partial charge in [-0.1, -0.05) is 32.9 Å². The molecule has 0 aromatic heterocycles. The van der Waals surface area contributed by atoms with Crippen LogP contribution in [0.25, 0.3) is 0 Å². The predicted molar refractivity (Wildman–Crippen MR) is 86.2 cm³/mol. The Bertz CT molecular complexity index is 483. The largest absolute Gasteiger partial charge is 0.351 e. The van der Waals surface area contributed by atoms with Gasteiger partial charge < -0.3 is 22.1 Å². The van der Waals surface area contributed by atoms with E-state index in [1.54, 1.807) is 24.3 Å². The van der Waals surface area contributed by atoms with Gasteiger partial charge in [-0.15, -0.1) is 12.4 Å². The second kappa shape index (κ2) is 7.85. The molecule has 1 atom stereocenters. The number of nitrogens with two attached hydrogens (primary N) is 2. The fourth-order valence-corrected chi connectivity index (χ4v) is 1.54. The molecule has 3 amide bonds. The van der Waals surface area contributed by atoms with Crippen LogP contribution in [0, 0.1) is 5.41 Å². The first-order valence-electron chi connectivity index (χ1n) is 6.39. The zero-order chi connectivity index (χ0) is 15.3. The molecule has 0 radical (unpaired) electrons. The van der Waals surface area contributed by atoms with Crippen LogP contribution in [0.3, 0.4) is 0 Å². The molecule has 0 saturated heterocycles. The van der Waals surface area contributed by atoms with E-state index in [4.69, 9.17) is 11.5 Å². The highest BCUT2D eigenvalue weighted by atomic mass is 35.5. The van der Waals surface area contributed by atoms with Gasteiger partial charge in [-0.25, -0.2) is 4.79 Å². The number of carbonyl (C=O) groups is 2. The minimum absolute atomic E-state index is 0. The van der Waals surface area contributed by atoms with Gasteiger partial charge in [0.05, 0.1) is 6.04 Å². The normalized spacial score (nSPS) is 12.0. The maximum atomic E-state index is 11.9. The first kappa shape index (κ1) is 19.2. The number of primary amides is 1. The van der Waals surface area contributed by atoms with Crippen LogP contribution in [0.2, 0.25) is 0 Å². The summed E-state index contributed by atoms with van der Waals surface area (Å²) in [6.07, 6.45) is 0. The SMILES string of the molecule is CC(C)(C)[C@H](N)C(=O)NCc1ccc(NC(N)=O)cc1.Cl. The molecule has 1 aromatic carbocycles. The molecule has 7 heteroatoms. The standard InChI is InChI=1S/C14H22N4O2.ClH/c1-14(2,3)11(15)12(19)17-8-9-4-6-10(7-5-9)18-13(16)20;/h4-7,11H,8,15H2,1-3H3,(H,17,19)(H3,16,18,20);1H/t11-;/m1./s1. The van der Waals surface area contributed by atoms with Crippen LogP contribution in [0.4, 0.5) is 10.5 Å². The molecule has 0 bridgehead atoms. The number of carbonyl (C=O) groups excluding carboxylic acids is 2. The van der Waals surface area contributed by atoms with Crippen molar-refractivity contribution in [1.29, 1.82) is 0 Å².